The van der Waals surface area contributed by atoms with Gasteiger partial charge >= 0.3 is 0 Å². The Morgan fingerprint density at radius 2 is 1.68 bits per heavy atom. The second kappa shape index (κ2) is 10.4. The summed E-state index contributed by atoms with van der Waals surface area (Å²) in [6.07, 6.45) is 8.40. The average Bonchev–Trinajstić information content (AvgIpc) is 3.31. The van der Waals surface area contributed by atoms with E-state index in [-0.39, 0.29) is 37.9 Å². The summed E-state index contributed by atoms with van der Waals surface area (Å²) in [6, 6.07) is 8.04. The highest BCUT2D eigenvalue weighted by Gasteiger charge is 2.54. The molecule has 2 saturated heterocycles. The number of sulfonamides is 1. The van der Waals surface area contributed by atoms with Crippen LogP contribution in [0.15, 0.2) is 48.6 Å². The van der Waals surface area contributed by atoms with E-state index in [9.17, 15) is 18.0 Å². The highest BCUT2D eigenvalue weighted by molar-refractivity contribution is 7.91. The number of benzene rings is 1. The number of allylic oxidation sites excluding steroid dienone is 3. The van der Waals surface area contributed by atoms with Gasteiger partial charge in [-0.3, -0.25) is 14.8 Å². The quantitative estimate of drug-likeness (QED) is 0.272. The zero-order valence-electron chi connectivity index (χ0n) is 19.1. The predicted octanol–water partition coefficient (Wildman–Crippen LogP) is 1.74. The molecule has 2 fully saturated rings. The van der Waals surface area contributed by atoms with Crippen LogP contribution in [0.3, 0.4) is 0 Å². The van der Waals surface area contributed by atoms with Gasteiger partial charge in [-0.05, 0) is 29.9 Å². The topological polar surface area (TPSA) is 116 Å². The minimum atomic E-state index is -3.96. The van der Waals surface area contributed by atoms with Crippen LogP contribution < -0.4 is 5.48 Å². The lowest BCUT2D eigenvalue weighted by atomic mass is 9.97. The molecule has 1 aromatic carbocycles. The normalized spacial score (nSPS) is 21.7. The summed E-state index contributed by atoms with van der Waals surface area (Å²) in [5.74, 6) is -0.751. The maximum absolute atomic E-state index is 13.3. The summed E-state index contributed by atoms with van der Waals surface area (Å²) in [5.41, 5.74) is 3.91. The number of piperidine rings is 1. The third-order valence-corrected chi connectivity index (χ3v) is 9.66. The van der Waals surface area contributed by atoms with Crippen LogP contribution in [-0.2, 0) is 37.4 Å². The number of carbonyl (C=O) groups excluding carboxylic acids is 2. The monoisotopic (exact) mass is 489 g/mol. The molecule has 0 radical (unpaired) electrons. The van der Waals surface area contributed by atoms with E-state index in [1.54, 1.807) is 22.5 Å². The molecule has 3 heterocycles. The third-order valence-electron chi connectivity index (χ3n) is 7.03. The van der Waals surface area contributed by atoms with Crippen molar-refractivity contribution in [2.24, 2.45) is 5.92 Å². The highest BCUT2D eigenvalue weighted by atomic mass is 32.2. The number of hydrogen-bond donors (Lipinski definition) is 2. The molecule has 0 unspecified atom stereocenters. The van der Waals surface area contributed by atoms with E-state index in [2.05, 4.69) is 0 Å². The molecule has 0 aromatic heterocycles. The Bertz CT molecular complexity index is 1040. The second-order valence-electron chi connectivity index (χ2n) is 9.00. The van der Waals surface area contributed by atoms with E-state index in [0.717, 1.165) is 0 Å². The Morgan fingerprint density at radius 1 is 1.06 bits per heavy atom. The minimum Gasteiger partial charge on any atom is -0.381 e. The highest BCUT2D eigenvalue weighted by Crippen LogP contribution is 2.35. The Morgan fingerprint density at radius 3 is 2.26 bits per heavy atom. The molecule has 10 heteroatoms. The van der Waals surface area contributed by atoms with Crippen LogP contribution in [0, 0.1) is 5.92 Å². The van der Waals surface area contributed by atoms with Crippen molar-refractivity contribution in [2.75, 3.05) is 26.3 Å². The third kappa shape index (κ3) is 4.81. The Balaban J connectivity index is 1.30. The summed E-state index contributed by atoms with van der Waals surface area (Å²) in [7, 11) is -3.96. The number of ether oxygens (including phenoxy) is 1. The van der Waals surface area contributed by atoms with Gasteiger partial charge < -0.3 is 9.64 Å². The lowest BCUT2D eigenvalue weighted by Gasteiger charge is -2.40. The van der Waals surface area contributed by atoms with Gasteiger partial charge in [0.15, 0.2) is 4.75 Å². The van der Waals surface area contributed by atoms with Crippen molar-refractivity contribution in [2.45, 2.75) is 43.5 Å². The van der Waals surface area contributed by atoms with Crippen molar-refractivity contribution < 1.29 is 28.0 Å². The standard InChI is InChI=1S/C24H31N3O6S/c28-22(26-17-20-6-2-3-7-21(20)18-26)8-4-1-5-19-9-13-27(14-10-19)34(31,32)24(23(29)25-30)11-15-33-16-12-24/h1-8,19,30H,9-18H2,(H,25,29). The molecule has 9 nitrogen and oxygen atoms in total. The first-order valence-electron chi connectivity index (χ1n) is 11.6. The molecule has 184 valence electrons. The maximum atomic E-state index is 13.3. The van der Waals surface area contributed by atoms with E-state index < -0.39 is 20.7 Å². The SMILES string of the molecule is O=C(C=CC=CC1CCN(S(=O)(=O)C2(C(=O)NO)CCOCC2)CC1)N1Cc2ccccc2C1. The fourth-order valence-electron chi connectivity index (χ4n) is 4.91. The van der Waals surface area contributed by atoms with E-state index >= 15 is 0 Å². The molecular formula is C24H31N3O6S. The van der Waals surface area contributed by atoms with Crippen molar-refractivity contribution >= 4 is 21.8 Å². The van der Waals surface area contributed by atoms with Gasteiger partial charge in [0, 0.05) is 58.3 Å². The molecule has 34 heavy (non-hydrogen) atoms. The molecule has 0 aliphatic carbocycles. The number of amides is 2. The number of rotatable bonds is 6. The summed E-state index contributed by atoms with van der Waals surface area (Å²) in [6.45, 7) is 2.15. The Labute approximate surface area is 200 Å². The summed E-state index contributed by atoms with van der Waals surface area (Å²) in [4.78, 5) is 26.6. The first kappa shape index (κ1) is 24.6. The van der Waals surface area contributed by atoms with Gasteiger partial charge in [0.2, 0.25) is 15.9 Å². The maximum Gasteiger partial charge on any atom is 0.266 e. The number of fused-ring (bicyclic) bond motifs is 1. The zero-order valence-corrected chi connectivity index (χ0v) is 19.9. The van der Waals surface area contributed by atoms with E-state index in [0.29, 0.717) is 39.0 Å². The van der Waals surface area contributed by atoms with Crippen LogP contribution in [0.2, 0.25) is 0 Å². The van der Waals surface area contributed by atoms with Crippen molar-refractivity contribution in [3.63, 3.8) is 0 Å². The first-order valence-corrected chi connectivity index (χ1v) is 13.0. The number of nitrogens with one attached hydrogen (secondary N) is 1. The molecule has 1 aromatic rings. The predicted molar refractivity (Wildman–Crippen MR) is 125 cm³/mol. The summed E-state index contributed by atoms with van der Waals surface area (Å²) in [5, 5.41) is 9.16. The second-order valence-corrected chi connectivity index (χ2v) is 11.2. The Kier molecular flexibility index (Phi) is 7.51. The lowest BCUT2D eigenvalue weighted by Crippen LogP contribution is -2.60. The molecule has 0 atom stereocenters. The van der Waals surface area contributed by atoms with E-state index in [4.69, 9.17) is 9.94 Å². The Hall–Kier alpha value is -2.53. The van der Waals surface area contributed by atoms with Gasteiger partial charge in [-0.2, -0.15) is 0 Å². The van der Waals surface area contributed by atoms with Crippen LogP contribution in [0.5, 0.6) is 0 Å². The summed E-state index contributed by atoms with van der Waals surface area (Å²) >= 11 is 0. The van der Waals surface area contributed by atoms with E-state index in [1.165, 1.54) is 15.4 Å². The molecule has 0 bridgehead atoms. The van der Waals surface area contributed by atoms with Gasteiger partial charge in [-0.15, -0.1) is 0 Å². The van der Waals surface area contributed by atoms with E-state index in [1.807, 2.05) is 36.4 Å². The largest absolute Gasteiger partial charge is 0.381 e. The van der Waals surface area contributed by atoms with Crippen LogP contribution in [0.4, 0.5) is 0 Å². The lowest BCUT2D eigenvalue weighted by molar-refractivity contribution is -0.134. The number of hydroxylamine groups is 1. The van der Waals surface area contributed by atoms with Gasteiger partial charge in [0.1, 0.15) is 0 Å². The molecule has 0 saturated carbocycles. The average molecular weight is 490 g/mol. The van der Waals surface area contributed by atoms with Crippen molar-refractivity contribution in [3.05, 3.63) is 59.7 Å². The smallest absolute Gasteiger partial charge is 0.266 e. The fraction of sp³-hybridized carbons (Fsp3) is 0.500. The van der Waals surface area contributed by atoms with Gasteiger partial charge in [-0.25, -0.2) is 18.2 Å². The van der Waals surface area contributed by atoms with Crippen molar-refractivity contribution in [3.8, 4) is 0 Å². The molecule has 4 rings (SSSR count). The molecule has 3 aliphatic heterocycles. The van der Waals surface area contributed by atoms with Crippen LogP contribution in [0.1, 0.15) is 36.8 Å². The molecule has 2 N–H and O–H groups in total. The molecule has 0 spiro atoms. The van der Waals surface area contributed by atoms with Crippen molar-refractivity contribution in [1.82, 2.24) is 14.7 Å². The van der Waals surface area contributed by atoms with Crippen LogP contribution in [0.25, 0.3) is 0 Å². The number of carbonyl (C=O) groups is 2. The minimum absolute atomic E-state index is 0.0163. The number of hydrogen-bond acceptors (Lipinski definition) is 6. The zero-order chi connectivity index (χ0) is 24.2. The van der Waals surface area contributed by atoms with Gasteiger partial charge in [0.05, 0.1) is 0 Å². The molecule has 3 aliphatic rings. The molecule has 2 amide bonds. The summed E-state index contributed by atoms with van der Waals surface area (Å²) < 4.78 is 31.6. The number of nitrogens with zero attached hydrogens (tertiary/aromatic N) is 2. The first-order chi connectivity index (χ1) is 16.4. The van der Waals surface area contributed by atoms with Crippen LogP contribution >= 0.6 is 0 Å². The van der Waals surface area contributed by atoms with Gasteiger partial charge in [0.25, 0.3) is 5.91 Å². The molecular weight excluding hydrogens is 458 g/mol. The van der Waals surface area contributed by atoms with Crippen LogP contribution in [-0.4, -0.2) is 65.7 Å². The van der Waals surface area contributed by atoms with Gasteiger partial charge in [-0.1, -0.05) is 42.5 Å². The fourth-order valence-corrected chi connectivity index (χ4v) is 7.06. The van der Waals surface area contributed by atoms with Crippen molar-refractivity contribution in [1.29, 1.82) is 0 Å².